The van der Waals surface area contributed by atoms with Gasteiger partial charge in [0.15, 0.2) is 5.82 Å². The Balaban J connectivity index is 2.66. The number of nitrogens with one attached hydrogen (secondary N) is 2. The fraction of sp³-hybridized carbons (Fsp3) is 0.444. The second-order valence-electron chi connectivity index (χ2n) is 3.44. The largest absolute Gasteiger partial charge is 0.327 e. The van der Waals surface area contributed by atoms with Crippen LogP contribution in [0.1, 0.15) is 13.8 Å². The Kier molecular flexibility index (Phi) is 3.56. The normalized spacial score (nSPS) is 14.3. The molecule has 0 aromatic carbocycles. The molecule has 1 aromatic heterocycles. The van der Waals surface area contributed by atoms with Crippen molar-refractivity contribution in [2.24, 2.45) is 11.7 Å². The number of rotatable bonds is 3. The van der Waals surface area contributed by atoms with Crippen molar-refractivity contribution in [3.8, 4) is 0 Å². The van der Waals surface area contributed by atoms with Crippen molar-refractivity contribution in [3.05, 3.63) is 22.5 Å². The number of aromatic nitrogens is 2. The molecular formula is C9H14N4O2. The van der Waals surface area contributed by atoms with E-state index in [-0.39, 0.29) is 23.4 Å². The van der Waals surface area contributed by atoms with Crippen molar-refractivity contribution in [3.63, 3.8) is 0 Å². The second kappa shape index (κ2) is 4.70. The maximum Gasteiger partial charge on any atom is 0.264 e. The number of carbonyl (C=O) groups is 1. The Morgan fingerprint density at radius 3 is 2.67 bits per heavy atom. The molecule has 1 amide bonds. The van der Waals surface area contributed by atoms with Crippen molar-refractivity contribution in [2.75, 3.05) is 5.32 Å². The van der Waals surface area contributed by atoms with Gasteiger partial charge in [0.05, 0.1) is 5.92 Å². The van der Waals surface area contributed by atoms with E-state index >= 15 is 0 Å². The minimum atomic E-state index is -0.312. The summed E-state index contributed by atoms with van der Waals surface area (Å²) in [7, 11) is 0. The third-order valence-electron chi connectivity index (χ3n) is 2.13. The van der Waals surface area contributed by atoms with E-state index in [4.69, 9.17) is 5.73 Å². The minimum absolute atomic E-state index is 0.218. The molecule has 0 radical (unpaired) electrons. The van der Waals surface area contributed by atoms with Crippen molar-refractivity contribution >= 4 is 11.7 Å². The summed E-state index contributed by atoms with van der Waals surface area (Å²) in [6.45, 7) is 3.48. The number of anilines is 1. The van der Waals surface area contributed by atoms with Gasteiger partial charge in [0.25, 0.3) is 5.56 Å². The quantitative estimate of drug-likeness (QED) is 0.637. The Morgan fingerprint density at radius 1 is 1.53 bits per heavy atom. The van der Waals surface area contributed by atoms with E-state index in [0.717, 1.165) is 0 Å². The molecule has 4 N–H and O–H groups in total. The van der Waals surface area contributed by atoms with Gasteiger partial charge in [-0.3, -0.25) is 9.59 Å². The van der Waals surface area contributed by atoms with Crippen LogP contribution in [0, 0.1) is 5.92 Å². The van der Waals surface area contributed by atoms with Crippen molar-refractivity contribution < 1.29 is 4.79 Å². The average molecular weight is 210 g/mol. The summed E-state index contributed by atoms with van der Waals surface area (Å²) < 4.78 is 0. The van der Waals surface area contributed by atoms with Crippen molar-refractivity contribution in [2.45, 2.75) is 19.9 Å². The monoisotopic (exact) mass is 210 g/mol. The van der Waals surface area contributed by atoms with E-state index in [0.29, 0.717) is 5.82 Å². The summed E-state index contributed by atoms with van der Waals surface area (Å²) in [6, 6.07) is 2.50. The van der Waals surface area contributed by atoms with Crippen molar-refractivity contribution in [1.82, 2.24) is 10.2 Å². The fourth-order valence-electron chi connectivity index (χ4n) is 0.893. The van der Waals surface area contributed by atoms with E-state index in [1.54, 1.807) is 13.8 Å². The molecule has 2 atom stereocenters. The molecule has 6 nitrogen and oxygen atoms in total. The van der Waals surface area contributed by atoms with Crippen LogP contribution in [0.15, 0.2) is 16.9 Å². The van der Waals surface area contributed by atoms with Gasteiger partial charge in [-0.1, -0.05) is 6.92 Å². The van der Waals surface area contributed by atoms with Crippen LogP contribution in [0.4, 0.5) is 5.82 Å². The van der Waals surface area contributed by atoms with Crippen LogP contribution in [-0.4, -0.2) is 22.1 Å². The van der Waals surface area contributed by atoms with E-state index < -0.39 is 0 Å². The predicted molar refractivity (Wildman–Crippen MR) is 56.3 cm³/mol. The zero-order valence-corrected chi connectivity index (χ0v) is 8.65. The van der Waals surface area contributed by atoms with Crippen LogP contribution in [0.25, 0.3) is 0 Å². The number of H-pyrrole nitrogens is 1. The molecule has 1 aromatic rings. The second-order valence-corrected chi connectivity index (χ2v) is 3.44. The molecule has 0 saturated heterocycles. The van der Waals surface area contributed by atoms with Gasteiger partial charge in [0.1, 0.15) is 0 Å². The van der Waals surface area contributed by atoms with Crippen LogP contribution < -0.4 is 16.6 Å². The molecule has 1 heterocycles. The number of nitrogens with two attached hydrogens (primary N) is 1. The molecule has 15 heavy (non-hydrogen) atoms. The molecule has 6 heteroatoms. The number of nitrogens with zero attached hydrogens (tertiary/aromatic N) is 1. The van der Waals surface area contributed by atoms with Gasteiger partial charge in [0, 0.05) is 12.1 Å². The molecule has 1 rings (SSSR count). The molecule has 0 bridgehead atoms. The maximum atomic E-state index is 11.5. The van der Waals surface area contributed by atoms with E-state index in [9.17, 15) is 9.59 Å². The lowest BCUT2D eigenvalue weighted by atomic mass is 10.0. The first-order valence-corrected chi connectivity index (χ1v) is 4.63. The first-order valence-electron chi connectivity index (χ1n) is 4.63. The van der Waals surface area contributed by atoms with Crippen molar-refractivity contribution in [1.29, 1.82) is 0 Å². The predicted octanol–water partition coefficient (Wildman–Crippen LogP) is -0.308. The Morgan fingerprint density at radius 2 is 2.20 bits per heavy atom. The first kappa shape index (κ1) is 11.4. The molecule has 0 fully saturated rings. The van der Waals surface area contributed by atoms with Crippen LogP contribution >= 0.6 is 0 Å². The number of aromatic amines is 1. The molecule has 0 aliphatic carbocycles. The Labute approximate surface area is 86.9 Å². The average Bonchev–Trinajstić information content (AvgIpc) is 2.20. The molecule has 0 aliphatic rings. The molecule has 0 aliphatic heterocycles. The van der Waals surface area contributed by atoms with Crippen LogP contribution in [0.5, 0.6) is 0 Å². The summed E-state index contributed by atoms with van der Waals surface area (Å²) in [5.41, 5.74) is 5.26. The minimum Gasteiger partial charge on any atom is -0.327 e. The smallest absolute Gasteiger partial charge is 0.264 e. The van der Waals surface area contributed by atoms with Gasteiger partial charge in [-0.2, -0.15) is 5.10 Å². The molecule has 82 valence electrons. The summed E-state index contributed by atoms with van der Waals surface area (Å²) in [5.74, 6) is -0.213. The molecular weight excluding hydrogens is 196 g/mol. The highest BCUT2D eigenvalue weighted by Gasteiger charge is 2.17. The zero-order valence-electron chi connectivity index (χ0n) is 8.65. The van der Waals surface area contributed by atoms with E-state index in [1.807, 2.05) is 0 Å². The Bertz CT molecular complexity index is 379. The van der Waals surface area contributed by atoms with Gasteiger partial charge in [-0.15, -0.1) is 0 Å². The standard InChI is InChI=1S/C9H14N4O2/c1-5(6(2)10)9(15)11-7-3-4-8(14)13-12-7/h3-6H,10H2,1-2H3,(H,13,14)(H,11,12,15). The van der Waals surface area contributed by atoms with Gasteiger partial charge in [-0.25, -0.2) is 5.10 Å². The molecule has 0 saturated carbocycles. The molecule has 2 unspecified atom stereocenters. The number of hydrogen-bond acceptors (Lipinski definition) is 4. The SMILES string of the molecule is CC(N)C(C)C(=O)Nc1ccc(=O)[nH]n1. The lowest BCUT2D eigenvalue weighted by Gasteiger charge is -2.14. The number of hydrogen-bond donors (Lipinski definition) is 3. The van der Waals surface area contributed by atoms with Crippen LogP contribution in [0.2, 0.25) is 0 Å². The summed E-state index contributed by atoms with van der Waals surface area (Å²) in [4.78, 5) is 22.2. The van der Waals surface area contributed by atoms with E-state index in [2.05, 4.69) is 15.5 Å². The highest BCUT2D eigenvalue weighted by molar-refractivity contribution is 5.91. The van der Waals surface area contributed by atoms with Gasteiger partial charge < -0.3 is 11.1 Å². The Hall–Kier alpha value is -1.69. The summed E-state index contributed by atoms with van der Waals surface area (Å²) in [5, 5.41) is 8.42. The van der Waals surface area contributed by atoms with Crippen LogP contribution in [0.3, 0.4) is 0 Å². The maximum absolute atomic E-state index is 11.5. The third-order valence-corrected chi connectivity index (χ3v) is 2.13. The van der Waals surface area contributed by atoms with Gasteiger partial charge in [0.2, 0.25) is 5.91 Å². The zero-order chi connectivity index (χ0) is 11.4. The lowest BCUT2D eigenvalue weighted by molar-refractivity contribution is -0.119. The fourth-order valence-corrected chi connectivity index (χ4v) is 0.893. The first-order chi connectivity index (χ1) is 7.00. The summed E-state index contributed by atoms with van der Waals surface area (Å²) in [6.07, 6.45) is 0. The van der Waals surface area contributed by atoms with Gasteiger partial charge in [-0.05, 0) is 13.0 Å². The number of carbonyl (C=O) groups excluding carboxylic acids is 1. The van der Waals surface area contributed by atoms with E-state index in [1.165, 1.54) is 12.1 Å². The highest BCUT2D eigenvalue weighted by Crippen LogP contribution is 2.04. The number of amides is 1. The van der Waals surface area contributed by atoms with Gasteiger partial charge >= 0.3 is 0 Å². The third kappa shape index (κ3) is 3.17. The molecule has 0 spiro atoms. The highest BCUT2D eigenvalue weighted by atomic mass is 16.2. The summed E-state index contributed by atoms with van der Waals surface area (Å²) >= 11 is 0. The topological polar surface area (TPSA) is 101 Å². The van der Waals surface area contributed by atoms with Crippen LogP contribution in [-0.2, 0) is 4.79 Å². The lowest BCUT2D eigenvalue weighted by Crippen LogP contribution is -2.34.